The summed E-state index contributed by atoms with van der Waals surface area (Å²) >= 11 is 0. The van der Waals surface area contributed by atoms with Crippen molar-refractivity contribution in [2.45, 2.75) is 38.5 Å². The molecule has 2 aromatic rings. The van der Waals surface area contributed by atoms with Gasteiger partial charge in [-0.1, -0.05) is 32.1 Å². The van der Waals surface area contributed by atoms with Gasteiger partial charge in [0.05, 0.1) is 0 Å². The number of nitrogens with zero attached hydrogens (tertiary/aromatic N) is 4. The van der Waals surface area contributed by atoms with Crippen molar-refractivity contribution in [2.75, 3.05) is 38.1 Å². The Balaban J connectivity index is 1.62. The number of piperazine rings is 1. The van der Waals surface area contributed by atoms with E-state index in [2.05, 4.69) is 46.1 Å². The third-order valence-corrected chi connectivity index (χ3v) is 5.93. The second-order valence-electron chi connectivity index (χ2n) is 7.94. The zero-order valence-corrected chi connectivity index (χ0v) is 15.9. The lowest BCUT2D eigenvalue weighted by molar-refractivity contribution is 0.312. The summed E-state index contributed by atoms with van der Waals surface area (Å²) in [7, 11) is 2.20. The quantitative estimate of drug-likeness (QED) is 0.834. The van der Waals surface area contributed by atoms with E-state index < -0.39 is 0 Å². The van der Waals surface area contributed by atoms with Crippen molar-refractivity contribution in [1.82, 2.24) is 14.9 Å². The summed E-state index contributed by atoms with van der Waals surface area (Å²) in [4.78, 5) is 14.1. The molecule has 4 heteroatoms. The molecule has 1 aliphatic carbocycles. The minimum atomic E-state index is 0.810. The monoisotopic (exact) mass is 350 g/mol. The first kappa shape index (κ1) is 17.5. The van der Waals surface area contributed by atoms with Crippen molar-refractivity contribution in [3.8, 4) is 11.1 Å². The molecule has 1 aliphatic heterocycles. The summed E-state index contributed by atoms with van der Waals surface area (Å²) in [5.41, 5.74) is 3.78. The zero-order valence-electron chi connectivity index (χ0n) is 15.9. The third kappa shape index (κ3) is 4.24. The topological polar surface area (TPSA) is 32.3 Å². The minimum absolute atomic E-state index is 0.810. The molecule has 2 aliphatic rings. The van der Waals surface area contributed by atoms with Crippen LogP contribution in [0.5, 0.6) is 0 Å². The van der Waals surface area contributed by atoms with Gasteiger partial charge >= 0.3 is 0 Å². The van der Waals surface area contributed by atoms with Crippen molar-refractivity contribution in [2.24, 2.45) is 5.92 Å². The lowest BCUT2D eigenvalue weighted by Crippen LogP contribution is -2.44. The van der Waals surface area contributed by atoms with Gasteiger partial charge in [0.2, 0.25) is 0 Å². The second-order valence-corrected chi connectivity index (χ2v) is 7.94. The number of anilines is 1. The Morgan fingerprint density at radius 1 is 0.923 bits per heavy atom. The average molecular weight is 351 g/mol. The van der Waals surface area contributed by atoms with E-state index in [9.17, 15) is 0 Å². The van der Waals surface area contributed by atoms with Crippen molar-refractivity contribution in [1.29, 1.82) is 0 Å². The lowest BCUT2D eigenvalue weighted by Gasteiger charge is -2.33. The van der Waals surface area contributed by atoms with Gasteiger partial charge in [-0.2, -0.15) is 0 Å². The average Bonchev–Trinajstić information content (AvgIpc) is 2.70. The number of hydrogen-bond donors (Lipinski definition) is 0. The molecule has 0 bridgehead atoms. The highest BCUT2D eigenvalue weighted by Gasteiger charge is 2.19. The fourth-order valence-electron chi connectivity index (χ4n) is 4.27. The van der Waals surface area contributed by atoms with Gasteiger partial charge in [-0.15, -0.1) is 0 Å². The molecule has 2 fully saturated rings. The predicted octanol–water partition coefficient (Wildman–Crippen LogP) is 4.02. The third-order valence-electron chi connectivity index (χ3n) is 5.93. The standard InChI is InChI=1S/C22H30N4/c1-25-11-13-26(14-12-25)22-17-20(19-7-9-23-10-8-19)16-21(24-22)15-18-5-3-2-4-6-18/h7-10,16-18H,2-6,11-15H2,1H3. The Morgan fingerprint density at radius 3 is 2.38 bits per heavy atom. The van der Waals surface area contributed by atoms with Crippen LogP contribution in [0.15, 0.2) is 36.7 Å². The molecule has 1 saturated carbocycles. The molecule has 0 spiro atoms. The Morgan fingerprint density at radius 2 is 1.65 bits per heavy atom. The smallest absolute Gasteiger partial charge is 0.129 e. The van der Waals surface area contributed by atoms with Gasteiger partial charge in [0.15, 0.2) is 0 Å². The molecule has 138 valence electrons. The van der Waals surface area contributed by atoms with Crippen LogP contribution in [0, 0.1) is 5.92 Å². The molecular weight excluding hydrogens is 320 g/mol. The highest BCUT2D eigenvalue weighted by atomic mass is 15.3. The van der Waals surface area contributed by atoms with E-state index in [4.69, 9.17) is 4.98 Å². The van der Waals surface area contributed by atoms with Gasteiger partial charge in [0.1, 0.15) is 5.82 Å². The maximum Gasteiger partial charge on any atom is 0.129 e. The summed E-state index contributed by atoms with van der Waals surface area (Å²) in [6.07, 6.45) is 11.8. The SMILES string of the molecule is CN1CCN(c2cc(-c3ccncc3)cc(CC3CCCCC3)n2)CC1. The van der Waals surface area contributed by atoms with Crippen LogP contribution in [0.4, 0.5) is 5.82 Å². The largest absolute Gasteiger partial charge is 0.354 e. The van der Waals surface area contributed by atoms with Crippen molar-refractivity contribution in [3.05, 3.63) is 42.4 Å². The Kier molecular flexibility index (Phi) is 5.49. The molecule has 4 rings (SSSR count). The molecule has 0 radical (unpaired) electrons. The van der Waals surface area contributed by atoms with E-state index in [-0.39, 0.29) is 0 Å². The summed E-state index contributed by atoms with van der Waals surface area (Å²) < 4.78 is 0. The molecule has 0 unspecified atom stereocenters. The van der Waals surface area contributed by atoms with Gasteiger partial charge in [-0.3, -0.25) is 4.98 Å². The fourth-order valence-corrected chi connectivity index (χ4v) is 4.27. The first-order valence-electron chi connectivity index (χ1n) is 10.1. The van der Waals surface area contributed by atoms with Crippen LogP contribution in [-0.4, -0.2) is 48.1 Å². The first-order chi connectivity index (χ1) is 12.8. The van der Waals surface area contributed by atoms with Crippen LogP contribution in [0.3, 0.4) is 0 Å². The molecule has 0 aromatic carbocycles. The van der Waals surface area contributed by atoms with E-state index in [1.165, 1.54) is 48.9 Å². The normalized spacial score (nSPS) is 19.7. The highest BCUT2D eigenvalue weighted by Crippen LogP contribution is 2.30. The number of likely N-dealkylation sites (N-methyl/N-ethyl adjacent to an activating group) is 1. The number of hydrogen-bond acceptors (Lipinski definition) is 4. The van der Waals surface area contributed by atoms with E-state index in [1.807, 2.05) is 12.4 Å². The maximum absolute atomic E-state index is 5.09. The van der Waals surface area contributed by atoms with Gasteiger partial charge in [0, 0.05) is 44.3 Å². The van der Waals surface area contributed by atoms with Crippen molar-refractivity contribution < 1.29 is 0 Å². The molecule has 3 heterocycles. The van der Waals surface area contributed by atoms with Crippen molar-refractivity contribution in [3.63, 3.8) is 0 Å². The van der Waals surface area contributed by atoms with Gasteiger partial charge in [-0.05, 0) is 54.8 Å². The Bertz CT molecular complexity index is 701. The van der Waals surface area contributed by atoms with Crippen molar-refractivity contribution >= 4 is 5.82 Å². The van der Waals surface area contributed by atoms with Crippen LogP contribution >= 0.6 is 0 Å². The van der Waals surface area contributed by atoms with E-state index >= 15 is 0 Å². The predicted molar refractivity (Wildman–Crippen MR) is 107 cm³/mol. The number of rotatable bonds is 4. The lowest BCUT2D eigenvalue weighted by atomic mass is 9.86. The highest BCUT2D eigenvalue weighted by molar-refractivity contribution is 5.67. The summed E-state index contributed by atoms with van der Waals surface area (Å²) in [6.45, 7) is 4.34. The molecule has 0 amide bonds. The molecule has 4 nitrogen and oxygen atoms in total. The first-order valence-corrected chi connectivity index (χ1v) is 10.1. The van der Waals surface area contributed by atoms with Crippen LogP contribution in [-0.2, 0) is 6.42 Å². The molecule has 2 aromatic heterocycles. The Hall–Kier alpha value is -1.94. The van der Waals surface area contributed by atoms with Gasteiger partial charge < -0.3 is 9.80 Å². The van der Waals surface area contributed by atoms with E-state index in [0.29, 0.717) is 0 Å². The van der Waals surface area contributed by atoms with Crippen LogP contribution in [0.25, 0.3) is 11.1 Å². The van der Waals surface area contributed by atoms with Gasteiger partial charge in [-0.25, -0.2) is 4.98 Å². The summed E-state index contributed by atoms with van der Waals surface area (Å²) in [5.74, 6) is 1.96. The van der Waals surface area contributed by atoms with E-state index in [0.717, 1.165) is 44.3 Å². The molecular formula is C22H30N4. The minimum Gasteiger partial charge on any atom is -0.354 e. The molecule has 0 N–H and O–H groups in total. The van der Waals surface area contributed by atoms with E-state index in [1.54, 1.807) is 0 Å². The maximum atomic E-state index is 5.09. The second kappa shape index (κ2) is 8.17. The molecule has 1 saturated heterocycles. The zero-order chi connectivity index (χ0) is 17.8. The Labute approximate surface area is 157 Å². The summed E-state index contributed by atoms with van der Waals surface area (Å²) in [6, 6.07) is 8.79. The van der Waals surface area contributed by atoms with Crippen LogP contribution < -0.4 is 4.90 Å². The van der Waals surface area contributed by atoms with Gasteiger partial charge in [0.25, 0.3) is 0 Å². The fraction of sp³-hybridized carbons (Fsp3) is 0.545. The van der Waals surface area contributed by atoms with Crippen LogP contribution in [0.2, 0.25) is 0 Å². The number of aromatic nitrogens is 2. The molecule has 26 heavy (non-hydrogen) atoms. The van der Waals surface area contributed by atoms with Crippen LogP contribution in [0.1, 0.15) is 37.8 Å². The number of pyridine rings is 2. The molecule has 0 atom stereocenters. The summed E-state index contributed by atoms with van der Waals surface area (Å²) in [5, 5.41) is 0.